The monoisotopic (exact) mass is 623 g/mol. The van der Waals surface area contributed by atoms with E-state index in [1.165, 1.54) is 23.1 Å². The second-order valence-corrected chi connectivity index (χ2v) is 10.6. The van der Waals surface area contributed by atoms with Gasteiger partial charge in [-0.2, -0.15) is 26.3 Å². The Morgan fingerprint density at radius 1 is 0.909 bits per heavy atom. The number of piperazine rings is 1. The smallest absolute Gasteiger partial charge is 0.416 e. The number of aryl methyl sites for hydroxylation is 1. The summed E-state index contributed by atoms with van der Waals surface area (Å²) in [5.74, 6) is -1.68. The maximum Gasteiger partial charge on any atom is 0.416 e. The van der Waals surface area contributed by atoms with E-state index in [0.29, 0.717) is 23.3 Å². The quantitative estimate of drug-likeness (QED) is 0.325. The summed E-state index contributed by atoms with van der Waals surface area (Å²) in [7, 11) is 0. The van der Waals surface area contributed by atoms with Gasteiger partial charge >= 0.3 is 18.4 Å². The Hall–Kier alpha value is -4.62. The minimum Gasteiger partial charge on any atom is -0.442 e. The number of ether oxygens (including phenoxy) is 1. The zero-order valence-electron chi connectivity index (χ0n) is 23.1. The average Bonchev–Trinajstić information content (AvgIpc) is 3.05. The number of fused-ring (bicyclic) bond motifs is 2. The van der Waals surface area contributed by atoms with Crippen LogP contribution in [0.1, 0.15) is 45.6 Å². The zero-order valence-corrected chi connectivity index (χ0v) is 23.1. The van der Waals surface area contributed by atoms with Crippen LogP contribution in [-0.4, -0.2) is 53.4 Å². The Balaban J connectivity index is 1.34. The van der Waals surface area contributed by atoms with Crippen LogP contribution in [0, 0.1) is 12.7 Å². The average molecular weight is 624 g/mol. The van der Waals surface area contributed by atoms with Gasteiger partial charge in [0.15, 0.2) is 0 Å². The lowest BCUT2D eigenvalue weighted by molar-refractivity contribution is -0.143. The Morgan fingerprint density at radius 2 is 1.57 bits per heavy atom. The van der Waals surface area contributed by atoms with Crippen molar-refractivity contribution in [1.82, 2.24) is 9.80 Å². The molecule has 2 aliphatic heterocycles. The molecule has 2 aliphatic rings. The molecule has 0 aromatic heterocycles. The lowest BCUT2D eigenvalue weighted by Gasteiger charge is -2.39. The van der Waals surface area contributed by atoms with Gasteiger partial charge in [-0.25, -0.2) is 9.18 Å². The first kappa shape index (κ1) is 30.8. The Kier molecular flexibility index (Phi) is 7.80. The number of nitrogens with zero attached hydrogens (tertiary/aromatic N) is 2. The maximum absolute atomic E-state index is 14.6. The molecule has 3 amide bonds. The van der Waals surface area contributed by atoms with Crippen LogP contribution in [-0.2, 0) is 21.9 Å². The van der Waals surface area contributed by atoms with E-state index in [4.69, 9.17) is 4.74 Å². The first-order valence-electron chi connectivity index (χ1n) is 13.3. The lowest BCUT2D eigenvalue weighted by atomic mass is 9.99. The van der Waals surface area contributed by atoms with Crippen molar-refractivity contribution in [3.8, 4) is 11.1 Å². The summed E-state index contributed by atoms with van der Waals surface area (Å²) in [5, 5.41) is 2.63. The third-order valence-electron chi connectivity index (χ3n) is 7.50. The number of halogens is 7. The largest absolute Gasteiger partial charge is 0.442 e. The highest BCUT2D eigenvalue weighted by atomic mass is 19.4. The molecule has 0 radical (unpaired) electrons. The molecule has 0 spiro atoms. The SMILES string of the molecule is Cc1ccc(-c2ccc3c(c2)C(=O)N2CCN(C(=O)OC(C)c4cc(C(F)(F)F)cc(C(F)(F)F)c4)CC2C(=O)N3)c(F)c1. The van der Waals surface area contributed by atoms with Crippen LogP contribution in [0.4, 0.5) is 41.2 Å². The number of carbonyl (C=O) groups is 3. The molecule has 1 saturated heterocycles. The van der Waals surface area contributed by atoms with Gasteiger partial charge in [0.2, 0.25) is 5.91 Å². The molecule has 3 aromatic carbocycles. The normalized spacial score (nSPS) is 17.8. The number of alkyl halides is 6. The van der Waals surface area contributed by atoms with Gasteiger partial charge in [-0.1, -0.05) is 18.2 Å². The second-order valence-electron chi connectivity index (χ2n) is 10.6. The predicted octanol–water partition coefficient (Wildman–Crippen LogP) is 6.82. The van der Waals surface area contributed by atoms with Crippen LogP contribution >= 0.6 is 0 Å². The van der Waals surface area contributed by atoms with E-state index in [9.17, 15) is 45.1 Å². The van der Waals surface area contributed by atoms with Gasteiger partial charge in [-0.15, -0.1) is 0 Å². The summed E-state index contributed by atoms with van der Waals surface area (Å²) < 4.78 is 99.5. The van der Waals surface area contributed by atoms with E-state index in [1.807, 2.05) is 0 Å². The minimum absolute atomic E-state index is 0.0306. The molecule has 44 heavy (non-hydrogen) atoms. The Morgan fingerprint density at radius 3 is 2.18 bits per heavy atom. The van der Waals surface area contributed by atoms with Crippen molar-refractivity contribution in [2.75, 3.05) is 25.0 Å². The first-order chi connectivity index (χ1) is 20.5. The summed E-state index contributed by atoms with van der Waals surface area (Å²) in [4.78, 5) is 41.9. The molecular formula is C30H24F7N3O4. The molecule has 0 bridgehead atoms. The van der Waals surface area contributed by atoms with Crippen LogP contribution in [0.2, 0.25) is 0 Å². The van der Waals surface area contributed by atoms with Gasteiger partial charge in [0.25, 0.3) is 5.91 Å². The number of benzene rings is 3. The van der Waals surface area contributed by atoms with Gasteiger partial charge < -0.3 is 19.9 Å². The number of carbonyl (C=O) groups excluding carboxylic acids is 3. The topological polar surface area (TPSA) is 79.0 Å². The number of amides is 3. The van der Waals surface area contributed by atoms with Crippen LogP contribution < -0.4 is 5.32 Å². The first-order valence-corrected chi connectivity index (χ1v) is 13.3. The van der Waals surface area contributed by atoms with Gasteiger partial charge in [0, 0.05) is 18.7 Å². The molecule has 7 nitrogen and oxygen atoms in total. The van der Waals surface area contributed by atoms with E-state index in [0.717, 1.165) is 11.8 Å². The van der Waals surface area contributed by atoms with Crippen molar-refractivity contribution in [1.29, 1.82) is 0 Å². The molecule has 2 unspecified atom stereocenters. The maximum atomic E-state index is 14.6. The van der Waals surface area contributed by atoms with Crippen molar-refractivity contribution >= 4 is 23.6 Å². The molecule has 2 atom stereocenters. The molecule has 0 saturated carbocycles. The van der Waals surface area contributed by atoms with E-state index < -0.39 is 64.9 Å². The van der Waals surface area contributed by atoms with E-state index >= 15 is 0 Å². The fraction of sp³-hybridized carbons (Fsp3) is 0.300. The molecule has 0 aliphatic carbocycles. The van der Waals surface area contributed by atoms with Gasteiger partial charge in [0.05, 0.1) is 28.9 Å². The van der Waals surface area contributed by atoms with Gasteiger partial charge in [-0.3, -0.25) is 9.59 Å². The molecule has 5 rings (SSSR count). The van der Waals surface area contributed by atoms with Gasteiger partial charge in [0.1, 0.15) is 18.0 Å². The second kappa shape index (κ2) is 11.1. The molecular weight excluding hydrogens is 599 g/mol. The summed E-state index contributed by atoms with van der Waals surface area (Å²) in [6, 6.07) is 8.84. The van der Waals surface area contributed by atoms with Crippen molar-refractivity contribution in [3.63, 3.8) is 0 Å². The molecule has 3 aromatic rings. The van der Waals surface area contributed by atoms with Gasteiger partial charge in [-0.05, 0) is 66.9 Å². The minimum atomic E-state index is -5.08. The van der Waals surface area contributed by atoms with E-state index in [1.54, 1.807) is 25.1 Å². The lowest BCUT2D eigenvalue weighted by Crippen LogP contribution is -2.59. The fourth-order valence-corrected chi connectivity index (χ4v) is 5.15. The van der Waals surface area contributed by atoms with E-state index in [-0.39, 0.29) is 42.5 Å². The van der Waals surface area contributed by atoms with Crippen molar-refractivity contribution in [2.24, 2.45) is 0 Å². The van der Waals surface area contributed by atoms with Crippen molar-refractivity contribution in [2.45, 2.75) is 38.3 Å². The molecule has 2 heterocycles. The Bertz CT molecular complexity index is 1620. The van der Waals surface area contributed by atoms with E-state index in [2.05, 4.69) is 5.32 Å². The molecule has 1 fully saturated rings. The highest BCUT2D eigenvalue weighted by Gasteiger charge is 2.42. The number of hydrogen-bond donors (Lipinski definition) is 1. The molecule has 232 valence electrons. The Labute approximate surface area is 246 Å². The van der Waals surface area contributed by atoms with Crippen LogP contribution in [0.5, 0.6) is 0 Å². The number of nitrogens with one attached hydrogen (secondary N) is 1. The zero-order chi connectivity index (χ0) is 32.1. The number of anilines is 1. The third kappa shape index (κ3) is 6.06. The van der Waals surface area contributed by atoms with Crippen molar-refractivity contribution in [3.05, 3.63) is 88.2 Å². The highest BCUT2D eigenvalue weighted by Crippen LogP contribution is 2.38. The van der Waals surface area contributed by atoms with Crippen LogP contribution in [0.15, 0.2) is 54.6 Å². The fourth-order valence-electron chi connectivity index (χ4n) is 5.15. The molecule has 1 N–H and O–H groups in total. The molecule has 14 heteroatoms. The highest BCUT2D eigenvalue weighted by molar-refractivity contribution is 6.10. The standard InChI is InChI=1S/C30H24F7N3O4/c1-15-3-5-21(23(31)9-15)17-4-6-24-22(12-17)27(42)40-8-7-39(14-25(40)26(41)38-24)28(43)44-16(2)18-10-19(29(32,33)34)13-20(11-18)30(35,36)37/h3-6,9-13,16,25H,7-8,14H2,1-2H3,(H,38,41). The third-order valence-corrected chi connectivity index (χ3v) is 7.50. The van der Waals surface area contributed by atoms with Crippen LogP contribution in [0.25, 0.3) is 11.1 Å². The summed E-state index contributed by atoms with van der Waals surface area (Å²) in [6.07, 6.45) is -12.8. The van der Waals surface area contributed by atoms with Crippen molar-refractivity contribution < 1.29 is 49.9 Å². The summed E-state index contributed by atoms with van der Waals surface area (Å²) >= 11 is 0. The predicted molar refractivity (Wildman–Crippen MR) is 143 cm³/mol. The number of rotatable bonds is 3. The summed E-state index contributed by atoms with van der Waals surface area (Å²) in [5.41, 5.74) is -1.99. The summed E-state index contributed by atoms with van der Waals surface area (Å²) in [6.45, 7) is 2.22. The number of hydrogen-bond acceptors (Lipinski definition) is 4. The van der Waals surface area contributed by atoms with Crippen LogP contribution in [0.3, 0.4) is 0 Å².